The molecular formula is C23H27N3O3S2. The molecule has 1 N–H and O–H groups in total. The van der Waals surface area contributed by atoms with Gasteiger partial charge in [0.1, 0.15) is 6.04 Å². The Bertz CT molecular complexity index is 1030. The molecule has 0 radical (unpaired) electrons. The molecule has 1 saturated heterocycles. The minimum atomic E-state index is -0.817. The average molecular weight is 458 g/mol. The normalized spacial score (nSPS) is 21.6. The van der Waals surface area contributed by atoms with Gasteiger partial charge in [-0.15, -0.1) is 22.7 Å². The molecule has 3 atom stereocenters. The van der Waals surface area contributed by atoms with Crippen LogP contribution < -0.4 is 5.32 Å². The maximum Gasteiger partial charge on any atom is 0.249 e. The molecule has 8 heteroatoms. The summed E-state index contributed by atoms with van der Waals surface area (Å²) >= 11 is 3.07. The van der Waals surface area contributed by atoms with E-state index in [2.05, 4.69) is 30.2 Å². The van der Waals surface area contributed by atoms with Gasteiger partial charge in [0, 0.05) is 20.7 Å². The second-order valence-electron chi connectivity index (χ2n) is 8.70. The standard InChI is InChI=1S/C23H27N3O3S2/c1-12(2)9-19(26-21(28)15-7-5-6-8-16(15)22(26)29)20(27)25-23-24-18(11-30-23)17-10-13(3)31-14(17)4/h5-6,10-12,15-16,19H,7-9H2,1-4H3,(H,24,25,27). The highest BCUT2D eigenvalue weighted by Gasteiger charge is 2.51. The molecule has 164 valence electrons. The van der Waals surface area contributed by atoms with E-state index in [0.29, 0.717) is 24.4 Å². The highest BCUT2D eigenvalue weighted by molar-refractivity contribution is 7.14. The zero-order valence-electron chi connectivity index (χ0n) is 18.2. The van der Waals surface area contributed by atoms with Crippen LogP contribution in [-0.4, -0.2) is 33.6 Å². The van der Waals surface area contributed by atoms with Crippen molar-refractivity contribution in [3.8, 4) is 11.3 Å². The summed E-state index contributed by atoms with van der Waals surface area (Å²) < 4.78 is 0. The lowest BCUT2D eigenvalue weighted by atomic mass is 9.85. The number of allylic oxidation sites excluding steroid dienone is 2. The SMILES string of the molecule is Cc1cc(-c2csc(NC(=O)C(CC(C)C)N3C(=O)C4CC=CCC4C3=O)n2)c(C)s1. The summed E-state index contributed by atoms with van der Waals surface area (Å²) in [4.78, 5) is 47.5. The third-order valence-corrected chi connectivity index (χ3v) is 7.63. The molecular weight excluding hydrogens is 430 g/mol. The number of anilines is 1. The first-order valence-electron chi connectivity index (χ1n) is 10.6. The summed E-state index contributed by atoms with van der Waals surface area (Å²) in [5, 5.41) is 5.28. The number of thiazole rings is 1. The minimum absolute atomic E-state index is 0.153. The number of carbonyl (C=O) groups is 3. The maximum absolute atomic E-state index is 13.2. The van der Waals surface area contributed by atoms with E-state index < -0.39 is 6.04 Å². The number of amides is 3. The minimum Gasteiger partial charge on any atom is -0.300 e. The lowest BCUT2D eigenvalue weighted by Gasteiger charge is -2.27. The van der Waals surface area contributed by atoms with Crippen molar-refractivity contribution in [2.75, 3.05) is 5.32 Å². The molecule has 3 heterocycles. The zero-order chi connectivity index (χ0) is 22.3. The number of aryl methyl sites for hydroxylation is 2. The summed E-state index contributed by atoms with van der Waals surface area (Å²) in [6.45, 7) is 8.10. The van der Waals surface area contributed by atoms with Crippen molar-refractivity contribution in [3.05, 3.63) is 33.4 Å². The fourth-order valence-electron chi connectivity index (χ4n) is 4.44. The van der Waals surface area contributed by atoms with E-state index in [1.807, 2.05) is 31.4 Å². The van der Waals surface area contributed by atoms with Crippen LogP contribution in [0.1, 0.15) is 42.9 Å². The number of nitrogens with zero attached hydrogens (tertiary/aromatic N) is 2. The maximum atomic E-state index is 13.2. The van der Waals surface area contributed by atoms with E-state index in [0.717, 1.165) is 11.3 Å². The molecule has 3 unspecified atom stereocenters. The van der Waals surface area contributed by atoms with Crippen molar-refractivity contribution in [2.45, 2.75) is 53.0 Å². The summed E-state index contributed by atoms with van der Waals surface area (Å²) in [5.74, 6) is -1.30. The van der Waals surface area contributed by atoms with Gasteiger partial charge in [0.05, 0.1) is 17.5 Å². The molecule has 3 amide bonds. The first-order chi connectivity index (χ1) is 14.8. The Morgan fingerprint density at radius 2 is 1.84 bits per heavy atom. The number of rotatable bonds is 6. The molecule has 2 aliphatic rings. The first kappa shape index (κ1) is 21.9. The van der Waals surface area contributed by atoms with Gasteiger partial charge in [0.15, 0.2) is 5.13 Å². The molecule has 31 heavy (non-hydrogen) atoms. The van der Waals surface area contributed by atoms with Crippen LogP contribution in [0.3, 0.4) is 0 Å². The van der Waals surface area contributed by atoms with Crippen molar-refractivity contribution >= 4 is 45.5 Å². The third kappa shape index (κ3) is 4.23. The van der Waals surface area contributed by atoms with Gasteiger partial charge in [0.25, 0.3) is 0 Å². The number of hydrogen-bond acceptors (Lipinski definition) is 6. The van der Waals surface area contributed by atoms with Gasteiger partial charge in [0.2, 0.25) is 17.7 Å². The van der Waals surface area contributed by atoms with Crippen LogP contribution in [0.5, 0.6) is 0 Å². The highest BCUT2D eigenvalue weighted by Crippen LogP contribution is 2.37. The quantitative estimate of drug-likeness (QED) is 0.499. The van der Waals surface area contributed by atoms with Gasteiger partial charge in [-0.1, -0.05) is 26.0 Å². The number of carbonyl (C=O) groups excluding carboxylic acids is 3. The third-order valence-electron chi connectivity index (χ3n) is 5.90. The molecule has 2 aromatic heterocycles. The summed E-state index contributed by atoms with van der Waals surface area (Å²) in [5.41, 5.74) is 1.90. The van der Waals surface area contributed by atoms with Gasteiger partial charge in [-0.3, -0.25) is 19.3 Å². The summed E-state index contributed by atoms with van der Waals surface area (Å²) in [7, 11) is 0. The van der Waals surface area contributed by atoms with Crippen LogP contribution in [0.15, 0.2) is 23.6 Å². The predicted octanol–water partition coefficient (Wildman–Crippen LogP) is 4.79. The van der Waals surface area contributed by atoms with Gasteiger partial charge < -0.3 is 5.32 Å². The van der Waals surface area contributed by atoms with E-state index in [1.54, 1.807) is 11.3 Å². The lowest BCUT2D eigenvalue weighted by Crippen LogP contribution is -2.48. The molecule has 0 saturated carbocycles. The second kappa shape index (κ2) is 8.67. The number of hydrogen-bond donors (Lipinski definition) is 1. The smallest absolute Gasteiger partial charge is 0.249 e. The Balaban J connectivity index is 1.55. The van der Waals surface area contributed by atoms with Crippen LogP contribution in [0.2, 0.25) is 0 Å². The van der Waals surface area contributed by atoms with E-state index >= 15 is 0 Å². The number of aromatic nitrogens is 1. The van der Waals surface area contributed by atoms with Gasteiger partial charge in [-0.25, -0.2) is 4.98 Å². The monoisotopic (exact) mass is 457 g/mol. The Morgan fingerprint density at radius 3 is 2.39 bits per heavy atom. The van der Waals surface area contributed by atoms with Crippen molar-refractivity contribution in [3.63, 3.8) is 0 Å². The Morgan fingerprint density at radius 1 is 1.19 bits per heavy atom. The lowest BCUT2D eigenvalue weighted by molar-refractivity contribution is -0.147. The second-order valence-corrected chi connectivity index (χ2v) is 11.0. The number of fused-ring (bicyclic) bond motifs is 1. The Labute approximate surface area is 190 Å². The molecule has 1 aliphatic carbocycles. The molecule has 6 nitrogen and oxygen atoms in total. The van der Waals surface area contributed by atoms with Gasteiger partial charge in [-0.05, 0) is 45.1 Å². The van der Waals surface area contributed by atoms with Gasteiger partial charge >= 0.3 is 0 Å². The van der Waals surface area contributed by atoms with Crippen LogP contribution in [0, 0.1) is 31.6 Å². The predicted molar refractivity (Wildman–Crippen MR) is 124 cm³/mol. The molecule has 1 fully saturated rings. The fraction of sp³-hybridized carbons (Fsp3) is 0.478. The summed E-state index contributed by atoms with van der Waals surface area (Å²) in [6.07, 6.45) is 5.47. The van der Waals surface area contributed by atoms with E-state index in [4.69, 9.17) is 0 Å². The molecule has 1 aliphatic heterocycles. The molecule has 2 aromatic rings. The van der Waals surface area contributed by atoms with Crippen LogP contribution in [-0.2, 0) is 14.4 Å². The highest BCUT2D eigenvalue weighted by atomic mass is 32.1. The van der Waals surface area contributed by atoms with Crippen LogP contribution in [0.25, 0.3) is 11.3 Å². The molecule has 0 aromatic carbocycles. The molecule has 4 rings (SSSR count). The Kier molecular flexibility index (Phi) is 6.12. The van der Waals surface area contributed by atoms with Crippen LogP contribution >= 0.6 is 22.7 Å². The largest absolute Gasteiger partial charge is 0.300 e. The van der Waals surface area contributed by atoms with E-state index in [9.17, 15) is 14.4 Å². The topological polar surface area (TPSA) is 79.4 Å². The van der Waals surface area contributed by atoms with Gasteiger partial charge in [-0.2, -0.15) is 0 Å². The molecule has 0 bridgehead atoms. The number of likely N-dealkylation sites (tertiary alicyclic amines) is 1. The fourth-order valence-corrected chi connectivity index (χ4v) is 6.08. The average Bonchev–Trinajstić information content (AvgIpc) is 3.38. The summed E-state index contributed by atoms with van der Waals surface area (Å²) in [6, 6.07) is 1.28. The van der Waals surface area contributed by atoms with Crippen LogP contribution in [0.4, 0.5) is 5.13 Å². The van der Waals surface area contributed by atoms with Crippen molar-refractivity contribution < 1.29 is 14.4 Å². The zero-order valence-corrected chi connectivity index (χ0v) is 19.8. The van der Waals surface area contributed by atoms with Crippen molar-refractivity contribution in [2.24, 2.45) is 17.8 Å². The Hall–Kier alpha value is -2.32. The van der Waals surface area contributed by atoms with E-state index in [-0.39, 0.29) is 35.5 Å². The van der Waals surface area contributed by atoms with Crippen molar-refractivity contribution in [1.82, 2.24) is 9.88 Å². The van der Waals surface area contributed by atoms with Crippen molar-refractivity contribution in [1.29, 1.82) is 0 Å². The number of imide groups is 1. The molecule has 0 spiro atoms. The first-order valence-corrected chi connectivity index (χ1v) is 12.3. The number of nitrogens with one attached hydrogen (secondary N) is 1. The van der Waals surface area contributed by atoms with E-state index in [1.165, 1.54) is 26.0 Å². The number of thiophene rings is 1.